The zero-order chi connectivity index (χ0) is 14.8. The van der Waals surface area contributed by atoms with Gasteiger partial charge in [0.05, 0.1) is 18.6 Å². The minimum atomic E-state index is -0.298. The van der Waals surface area contributed by atoms with E-state index in [1.165, 1.54) is 0 Å². The largest absolute Gasteiger partial charge is 0.497 e. The maximum absolute atomic E-state index is 9.73. The van der Waals surface area contributed by atoms with E-state index in [1.54, 1.807) is 7.11 Å². The number of nitrogens with zero attached hydrogens (tertiary/aromatic N) is 1. The molecule has 0 unspecified atom stereocenters. The maximum atomic E-state index is 9.73. The van der Waals surface area contributed by atoms with Gasteiger partial charge < -0.3 is 4.74 Å². The molecule has 2 heteroatoms. The van der Waals surface area contributed by atoms with Crippen molar-refractivity contribution in [2.45, 2.75) is 51.9 Å². The summed E-state index contributed by atoms with van der Waals surface area (Å²) in [6, 6.07) is 10.6. The Hall–Kier alpha value is -1.49. The molecular weight excluding hydrogens is 246 g/mol. The SMILES string of the molecule is COc1ccc(C2(C#N)CCC(C(C)(C)C)CC2)cc1. The number of nitriles is 1. The molecule has 0 radical (unpaired) electrons. The summed E-state index contributed by atoms with van der Waals surface area (Å²) in [5, 5.41) is 9.73. The Bertz CT molecular complexity index is 482. The second-order valence-electron chi connectivity index (χ2n) is 7.06. The Morgan fingerprint density at radius 3 is 2.10 bits per heavy atom. The van der Waals surface area contributed by atoms with Crippen LogP contribution in [0, 0.1) is 22.7 Å². The standard InChI is InChI=1S/C18H25NO/c1-17(2,3)14-9-11-18(13-19,12-10-14)15-5-7-16(20-4)8-6-15/h5-8,14H,9-12H2,1-4H3. The van der Waals surface area contributed by atoms with Gasteiger partial charge in [-0.05, 0) is 54.7 Å². The van der Waals surface area contributed by atoms with E-state index in [1.807, 2.05) is 12.1 Å². The fourth-order valence-corrected chi connectivity index (χ4v) is 3.35. The van der Waals surface area contributed by atoms with Crippen molar-refractivity contribution in [2.75, 3.05) is 7.11 Å². The molecule has 1 aliphatic rings. The van der Waals surface area contributed by atoms with Gasteiger partial charge in [-0.15, -0.1) is 0 Å². The first-order chi connectivity index (χ1) is 9.41. The minimum Gasteiger partial charge on any atom is -0.497 e. The molecule has 0 atom stereocenters. The topological polar surface area (TPSA) is 33.0 Å². The van der Waals surface area contributed by atoms with Crippen molar-refractivity contribution in [1.29, 1.82) is 5.26 Å². The summed E-state index contributed by atoms with van der Waals surface area (Å²) < 4.78 is 5.20. The van der Waals surface area contributed by atoms with Crippen LogP contribution in [0.2, 0.25) is 0 Å². The average molecular weight is 271 g/mol. The lowest BCUT2D eigenvalue weighted by Crippen LogP contribution is -2.34. The highest BCUT2D eigenvalue weighted by atomic mass is 16.5. The van der Waals surface area contributed by atoms with E-state index in [0.29, 0.717) is 5.41 Å². The normalized spacial score (nSPS) is 26.9. The van der Waals surface area contributed by atoms with Gasteiger partial charge in [-0.3, -0.25) is 0 Å². The molecule has 1 aromatic rings. The van der Waals surface area contributed by atoms with Gasteiger partial charge in [0.1, 0.15) is 5.75 Å². The molecule has 0 bridgehead atoms. The Kier molecular flexibility index (Phi) is 4.09. The number of hydrogen-bond acceptors (Lipinski definition) is 2. The number of hydrogen-bond donors (Lipinski definition) is 0. The predicted molar refractivity (Wildman–Crippen MR) is 81.7 cm³/mol. The summed E-state index contributed by atoms with van der Waals surface area (Å²) in [7, 11) is 1.67. The molecule has 0 spiro atoms. The summed E-state index contributed by atoms with van der Waals surface area (Å²) >= 11 is 0. The van der Waals surface area contributed by atoms with E-state index in [2.05, 4.69) is 39.0 Å². The van der Waals surface area contributed by atoms with Crippen molar-refractivity contribution in [1.82, 2.24) is 0 Å². The molecule has 1 fully saturated rings. The van der Waals surface area contributed by atoms with Gasteiger partial charge in [0, 0.05) is 0 Å². The molecule has 2 rings (SSSR count). The van der Waals surface area contributed by atoms with Crippen molar-refractivity contribution < 1.29 is 4.74 Å². The number of methoxy groups -OCH3 is 1. The predicted octanol–water partition coefficient (Wildman–Crippen LogP) is 4.69. The number of benzene rings is 1. The molecule has 0 N–H and O–H groups in total. The van der Waals surface area contributed by atoms with Crippen molar-refractivity contribution in [3.8, 4) is 11.8 Å². The third-order valence-corrected chi connectivity index (χ3v) is 4.92. The molecule has 20 heavy (non-hydrogen) atoms. The van der Waals surface area contributed by atoms with E-state index in [9.17, 15) is 5.26 Å². The second-order valence-corrected chi connectivity index (χ2v) is 7.06. The third kappa shape index (κ3) is 2.82. The summed E-state index contributed by atoms with van der Waals surface area (Å²) in [6.45, 7) is 6.93. The fourth-order valence-electron chi connectivity index (χ4n) is 3.35. The molecule has 1 aromatic carbocycles. The summed E-state index contributed by atoms with van der Waals surface area (Å²) in [6.07, 6.45) is 4.22. The van der Waals surface area contributed by atoms with Crippen LogP contribution in [0.3, 0.4) is 0 Å². The van der Waals surface area contributed by atoms with Crippen LogP contribution in [-0.2, 0) is 5.41 Å². The first-order valence-electron chi connectivity index (χ1n) is 7.47. The van der Waals surface area contributed by atoms with Crippen LogP contribution in [0.25, 0.3) is 0 Å². The van der Waals surface area contributed by atoms with Crippen LogP contribution >= 0.6 is 0 Å². The van der Waals surface area contributed by atoms with E-state index < -0.39 is 0 Å². The molecule has 0 saturated heterocycles. The third-order valence-electron chi connectivity index (χ3n) is 4.92. The molecule has 0 aromatic heterocycles. The number of rotatable bonds is 2. The zero-order valence-electron chi connectivity index (χ0n) is 13.1. The van der Waals surface area contributed by atoms with Crippen LogP contribution in [0.4, 0.5) is 0 Å². The summed E-state index contributed by atoms with van der Waals surface area (Å²) in [5.41, 5.74) is 1.20. The second kappa shape index (κ2) is 5.48. The van der Waals surface area contributed by atoms with Gasteiger partial charge in [-0.1, -0.05) is 32.9 Å². The quantitative estimate of drug-likeness (QED) is 0.781. The molecular formula is C18H25NO. The smallest absolute Gasteiger partial charge is 0.118 e. The van der Waals surface area contributed by atoms with Crippen molar-refractivity contribution in [3.05, 3.63) is 29.8 Å². The molecule has 0 heterocycles. The monoisotopic (exact) mass is 271 g/mol. The van der Waals surface area contributed by atoms with Crippen LogP contribution in [-0.4, -0.2) is 7.11 Å². The molecule has 0 amide bonds. The van der Waals surface area contributed by atoms with Gasteiger partial charge >= 0.3 is 0 Å². The number of ether oxygens (including phenoxy) is 1. The van der Waals surface area contributed by atoms with E-state index in [-0.39, 0.29) is 5.41 Å². The summed E-state index contributed by atoms with van der Waals surface area (Å²) in [4.78, 5) is 0. The maximum Gasteiger partial charge on any atom is 0.118 e. The highest BCUT2D eigenvalue weighted by molar-refractivity contribution is 5.37. The van der Waals surface area contributed by atoms with Crippen molar-refractivity contribution in [2.24, 2.45) is 11.3 Å². The van der Waals surface area contributed by atoms with Crippen LogP contribution < -0.4 is 4.74 Å². The van der Waals surface area contributed by atoms with Crippen molar-refractivity contribution >= 4 is 0 Å². The molecule has 1 saturated carbocycles. The Balaban J connectivity index is 2.18. The molecule has 0 aliphatic heterocycles. The average Bonchev–Trinajstić information content (AvgIpc) is 2.46. The highest BCUT2D eigenvalue weighted by Crippen LogP contribution is 2.46. The minimum absolute atomic E-state index is 0.298. The lowest BCUT2D eigenvalue weighted by Gasteiger charge is -2.41. The van der Waals surface area contributed by atoms with Gasteiger partial charge in [0.25, 0.3) is 0 Å². The van der Waals surface area contributed by atoms with Crippen LogP contribution in [0.5, 0.6) is 5.75 Å². The van der Waals surface area contributed by atoms with E-state index in [0.717, 1.165) is 42.9 Å². The molecule has 2 nitrogen and oxygen atoms in total. The highest BCUT2D eigenvalue weighted by Gasteiger charge is 2.40. The van der Waals surface area contributed by atoms with E-state index >= 15 is 0 Å². The first-order valence-corrected chi connectivity index (χ1v) is 7.47. The zero-order valence-corrected chi connectivity index (χ0v) is 13.1. The molecule has 1 aliphatic carbocycles. The van der Waals surface area contributed by atoms with Gasteiger partial charge in [-0.2, -0.15) is 5.26 Å². The first kappa shape index (κ1) is 14.9. The Morgan fingerprint density at radius 2 is 1.70 bits per heavy atom. The van der Waals surface area contributed by atoms with Gasteiger partial charge in [-0.25, -0.2) is 0 Å². The molecule has 108 valence electrons. The Labute approximate surface area is 122 Å². The van der Waals surface area contributed by atoms with Crippen LogP contribution in [0.15, 0.2) is 24.3 Å². The lowest BCUT2D eigenvalue weighted by atomic mass is 9.62. The lowest BCUT2D eigenvalue weighted by molar-refractivity contribution is 0.151. The van der Waals surface area contributed by atoms with Crippen molar-refractivity contribution in [3.63, 3.8) is 0 Å². The van der Waals surface area contributed by atoms with Gasteiger partial charge in [0.15, 0.2) is 0 Å². The van der Waals surface area contributed by atoms with E-state index in [4.69, 9.17) is 4.74 Å². The fraction of sp³-hybridized carbons (Fsp3) is 0.611. The van der Waals surface area contributed by atoms with Crippen LogP contribution in [0.1, 0.15) is 52.0 Å². The van der Waals surface area contributed by atoms with Gasteiger partial charge in [0.2, 0.25) is 0 Å². The summed E-state index contributed by atoms with van der Waals surface area (Å²) in [5.74, 6) is 1.58. The Morgan fingerprint density at radius 1 is 1.15 bits per heavy atom.